The number of amides is 1. The first-order chi connectivity index (χ1) is 13.4. The number of hydrogen-bond acceptors (Lipinski definition) is 4. The van der Waals surface area contributed by atoms with Gasteiger partial charge in [0.25, 0.3) is 5.91 Å². The van der Waals surface area contributed by atoms with Gasteiger partial charge in [0, 0.05) is 27.5 Å². The number of para-hydroxylation sites is 1. The molecule has 2 aromatic heterocycles. The molecule has 0 bridgehead atoms. The number of aromatic nitrogens is 2. The minimum Gasteiger partial charge on any atom is -0.268 e. The van der Waals surface area contributed by atoms with E-state index in [4.69, 9.17) is 23.2 Å². The van der Waals surface area contributed by atoms with E-state index in [1.54, 1.807) is 35.4 Å². The molecular weight excluding hydrogens is 413 g/mol. The van der Waals surface area contributed by atoms with Crippen LogP contribution in [0.3, 0.4) is 0 Å². The summed E-state index contributed by atoms with van der Waals surface area (Å²) in [4.78, 5) is 24.1. The van der Waals surface area contributed by atoms with E-state index in [9.17, 15) is 4.79 Å². The van der Waals surface area contributed by atoms with Crippen molar-refractivity contribution in [2.45, 2.75) is 13.8 Å². The van der Waals surface area contributed by atoms with Crippen LogP contribution >= 0.6 is 34.5 Å². The summed E-state index contributed by atoms with van der Waals surface area (Å²) in [7, 11) is 0. The average molecular weight is 428 g/mol. The molecule has 1 amide bonds. The Morgan fingerprint density at radius 3 is 2.46 bits per heavy atom. The number of pyridine rings is 1. The number of benzene rings is 2. The molecule has 0 unspecified atom stereocenters. The van der Waals surface area contributed by atoms with Crippen LogP contribution in [0, 0.1) is 13.8 Å². The minimum absolute atomic E-state index is 0.208. The Balaban J connectivity index is 1.92. The summed E-state index contributed by atoms with van der Waals surface area (Å²) in [5, 5.41) is 1.45. The summed E-state index contributed by atoms with van der Waals surface area (Å²) < 4.78 is 0.992. The minimum atomic E-state index is -0.208. The fraction of sp³-hybridized carbons (Fsp3) is 0.0952. The lowest BCUT2D eigenvalue weighted by atomic mass is 10.1. The maximum Gasteiger partial charge on any atom is 0.265 e. The van der Waals surface area contributed by atoms with Crippen molar-refractivity contribution in [1.29, 1.82) is 0 Å². The van der Waals surface area contributed by atoms with Crippen molar-refractivity contribution < 1.29 is 4.79 Å². The quantitative estimate of drug-likeness (QED) is 0.370. The third kappa shape index (κ3) is 3.49. The van der Waals surface area contributed by atoms with Gasteiger partial charge >= 0.3 is 0 Å². The van der Waals surface area contributed by atoms with Crippen LogP contribution in [0.15, 0.2) is 54.7 Å². The van der Waals surface area contributed by atoms with Gasteiger partial charge in [0.15, 0.2) is 5.13 Å². The Bertz CT molecular complexity index is 1150. The van der Waals surface area contributed by atoms with Gasteiger partial charge in [-0.2, -0.15) is 0 Å². The van der Waals surface area contributed by atoms with Crippen LogP contribution < -0.4 is 4.90 Å². The second kappa shape index (κ2) is 7.51. The third-order valence-corrected chi connectivity index (χ3v) is 5.93. The van der Waals surface area contributed by atoms with Crippen LogP contribution in [0.5, 0.6) is 0 Å². The zero-order valence-electron chi connectivity index (χ0n) is 15.1. The fourth-order valence-corrected chi connectivity index (χ4v) is 4.43. The van der Waals surface area contributed by atoms with Gasteiger partial charge < -0.3 is 0 Å². The number of carbonyl (C=O) groups is 1. The zero-order valence-corrected chi connectivity index (χ0v) is 17.4. The van der Waals surface area contributed by atoms with E-state index in [0.29, 0.717) is 26.4 Å². The standard InChI is InChI=1S/C21H15Cl2N3OS/c1-12-13(2)24-8-7-17(12)20(27)26(16-10-14(22)9-15(23)11-16)21-25-18-5-3-4-6-19(18)28-21/h3-11H,1-2H3. The van der Waals surface area contributed by atoms with Crippen molar-refractivity contribution in [2.75, 3.05) is 4.90 Å². The van der Waals surface area contributed by atoms with Gasteiger partial charge in [-0.05, 0) is 55.8 Å². The molecule has 0 fully saturated rings. The van der Waals surface area contributed by atoms with Crippen molar-refractivity contribution in [2.24, 2.45) is 0 Å². The first kappa shape index (κ1) is 18.9. The van der Waals surface area contributed by atoms with Crippen LogP contribution in [0.2, 0.25) is 10.0 Å². The maximum atomic E-state index is 13.6. The number of aryl methyl sites for hydroxylation is 1. The van der Waals surface area contributed by atoms with E-state index in [1.165, 1.54) is 11.3 Å². The lowest BCUT2D eigenvalue weighted by molar-refractivity contribution is 0.0998. The highest BCUT2D eigenvalue weighted by Crippen LogP contribution is 2.37. The molecule has 0 saturated heterocycles. The van der Waals surface area contributed by atoms with Gasteiger partial charge in [-0.15, -0.1) is 0 Å². The van der Waals surface area contributed by atoms with Crippen molar-refractivity contribution in [3.8, 4) is 0 Å². The molecule has 0 atom stereocenters. The lowest BCUT2D eigenvalue weighted by Gasteiger charge is -2.22. The van der Waals surface area contributed by atoms with Crippen molar-refractivity contribution in [1.82, 2.24) is 9.97 Å². The Labute approximate surface area is 176 Å². The molecule has 0 spiro atoms. The average Bonchev–Trinajstić information content (AvgIpc) is 3.06. The SMILES string of the molecule is Cc1nccc(C(=O)N(c2cc(Cl)cc(Cl)c2)c2nc3ccccc3s2)c1C. The van der Waals surface area contributed by atoms with Gasteiger partial charge in [-0.25, -0.2) is 4.98 Å². The number of hydrogen-bond donors (Lipinski definition) is 0. The largest absolute Gasteiger partial charge is 0.268 e. The van der Waals surface area contributed by atoms with E-state index < -0.39 is 0 Å². The second-order valence-electron chi connectivity index (χ2n) is 6.30. The summed E-state index contributed by atoms with van der Waals surface area (Å²) in [5.74, 6) is -0.208. The zero-order chi connectivity index (χ0) is 19.8. The third-order valence-electron chi connectivity index (χ3n) is 4.47. The second-order valence-corrected chi connectivity index (χ2v) is 8.18. The number of rotatable bonds is 3. The monoisotopic (exact) mass is 427 g/mol. The normalized spacial score (nSPS) is 11.0. The maximum absolute atomic E-state index is 13.6. The number of carbonyl (C=O) groups excluding carboxylic acids is 1. The summed E-state index contributed by atoms with van der Waals surface area (Å²) in [6, 6.07) is 14.5. The number of fused-ring (bicyclic) bond motifs is 1. The van der Waals surface area contributed by atoms with Gasteiger partial charge in [-0.1, -0.05) is 46.7 Å². The van der Waals surface area contributed by atoms with Crippen molar-refractivity contribution >= 4 is 61.5 Å². The van der Waals surface area contributed by atoms with Crippen LogP contribution in [0.1, 0.15) is 21.6 Å². The van der Waals surface area contributed by atoms with Crippen LogP contribution in [0.25, 0.3) is 10.2 Å². The van der Waals surface area contributed by atoms with E-state index in [1.807, 2.05) is 38.1 Å². The summed E-state index contributed by atoms with van der Waals surface area (Å²) in [6.07, 6.45) is 1.64. The molecule has 2 aromatic carbocycles. The Hall–Kier alpha value is -2.47. The first-order valence-corrected chi connectivity index (χ1v) is 10.1. The van der Waals surface area contributed by atoms with E-state index in [-0.39, 0.29) is 5.91 Å². The Morgan fingerprint density at radius 2 is 1.75 bits per heavy atom. The molecule has 0 N–H and O–H groups in total. The van der Waals surface area contributed by atoms with Crippen LogP contribution in [-0.2, 0) is 0 Å². The van der Waals surface area contributed by atoms with Gasteiger partial charge in [0.1, 0.15) is 0 Å². The molecule has 7 heteroatoms. The van der Waals surface area contributed by atoms with Crippen LogP contribution in [-0.4, -0.2) is 15.9 Å². The Morgan fingerprint density at radius 1 is 1.04 bits per heavy atom. The molecular formula is C21H15Cl2N3OS. The topological polar surface area (TPSA) is 46.1 Å². The lowest BCUT2D eigenvalue weighted by Crippen LogP contribution is -2.27. The number of thiazole rings is 1. The van der Waals surface area contributed by atoms with Crippen LogP contribution in [0.4, 0.5) is 10.8 Å². The van der Waals surface area contributed by atoms with Crippen molar-refractivity contribution in [3.05, 3.63) is 81.6 Å². The number of anilines is 2. The smallest absolute Gasteiger partial charge is 0.265 e. The van der Waals surface area contributed by atoms with Gasteiger partial charge in [-0.3, -0.25) is 14.7 Å². The summed E-state index contributed by atoms with van der Waals surface area (Å²) in [6.45, 7) is 3.77. The highest BCUT2D eigenvalue weighted by molar-refractivity contribution is 7.22. The molecule has 4 rings (SSSR count). The number of nitrogens with zero attached hydrogens (tertiary/aromatic N) is 3. The van der Waals surface area contributed by atoms with Gasteiger partial charge in [0.05, 0.1) is 15.9 Å². The first-order valence-electron chi connectivity index (χ1n) is 8.52. The molecule has 140 valence electrons. The fourth-order valence-electron chi connectivity index (χ4n) is 2.93. The Kier molecular flexibility index (Phi) is 5.06. The van der Waals surface area contributed by atoms with Crippen molar-refractivity contribution in [3.63, 3.8) is 0 Å². The predicted octanol–water partition coefficient (Wildman–Crippen LogP) is 6.59. The van der Waals surface area contributed by atoms with E-state index in [2.05, 4.69) is 9.97 Å². The molecule has 0 aliphatic carbocycles. The molecule has 4 aromatic rings. The highest BCUT2D eigenvalue weighted by Gasteiger charge is 2.25. The van der Waals surface area contributed by atoms with E-state index in [0.717, 1.165) is 21.5 Å². The summed E-state index contributed by atoms with van der Waals surface area (Å²) >= 11 is 13.9. The highest BCUT2D eigenvalue weighted by atomic mass is 35.5. The summed E-state index contributed by atoms with van der Waals surface area (Å²) in [5.41, 5.74) is 3.58. The molecule has 28 heavy (non-hydrogen) atoms. The molecule has 0 saturated carbocycles. The van der Waals surface area contributed by atoms with Gasteiger partial charge in [0.2, 0.25) is 0 Å². The molecule has 0 radical (unpaired) electrons. The molecule has 2 heterocycles. The van der Waals surface area contributed by atoms with E-state index >= 15 is 0 Å². The predicted molar refractivity (Wildman–Crippen MR) is 116 cm³/mol. The molecule has 0 aliphatic rings. The molecule has 4 nitrogen and oxygen atoms in total. The molecule has 0 aliphatic heterocycles. The number of halogens is 2.